The third kappa shape index (κ3) is 3.12. The molecule has 1 aromatic rings. The van der Waals surface area contributed by atoms with Crippen LogP contribution in [0.25, 0.3) is 0 Å². The molecule has 17 heavy (non-hydrogen) atoms. The van der Waals surface area contributed by atoms with Crippen LogP contribution in [0.2, 0.25) is 5.02 Å². The van der Waals surface area contributed by atoms with Gasteiger partial charge in [0, 0.05) is 29.8 Å². The molecule has 1 atom stereocenters. The van der Waals surface area contributed by atoms with Gasteiger partial charge in [0.15, 0.2) is 0 Å². The number of piperidine rings is 1. The minimum absolute atomic E-state index is 0.588. The van der Waals surface area contributed by atoms with Gasteiger partial charge in [0.05, 0.1) is 5.02 Å². The molecule has 1 fully saturated rings. The summed E-state index contributed by atoms with van der Waals surface area (Å²) < 4.78 is 0.924. The molecule has 0 aliphatic carbocycles. The number of nitrogens with zero attached hydrogens (tertiary/aromatic N) is 3. The van der Waals surface area contributed by atoms with Gasteiger partial charge in [0.1, 0.15) is 5.82 Å². The minimum Gasteiger partial charge on any atom is -0.354 e. The van der Waals surface area contributed by atoms with Gasteiger partial charge in [-0.05, 0) is 48.9 Å². The second-order valence-electron chi connectivity index (χ2n) is 4.66. The second-order valence-corrected chi connectivity index (χ2v) is 5.99. The van der Waals surface area contributed by atoms with Crippen molar-refractivity contribution in [1.82, 2.24) is 9.88 Å². The number of hydrogen-bond acceptors (Lipinski definition) is 3. The van der Waals surface area contributed by atoms with Crippen molar-refractivity contribution >= 4 is 33.3 Å². The Hall–Kier alpha value is -0.320. The first kappa shape index (κ1) is 13.1. The molecule has 0 saturated carbocycles. The van der Waals surface area contributed by atoms with Gasteiger partial charge in [-0.25, -0.2) is 4.98 Å². The molecule has 1 aliphatic rings. The molecule has 3 nitrogen and oxygen atoms in total. The van der Waals surface area contributed by atoms with Crippen LogP contribution in [-0.2, 0) is 0 Å². The number of likely N-dealkylation sites (N-methyl/N-ethyl adjacent to an activating group) is 1. The van der Waals surface area contributed by atoms with Gasteiger partial charge in [0.2, 0.25) is 0 Å². The number of halogens is 2. The van der Waals surface area contributed by atoms with Crippen molar-refractivity contribution in [3.63, 3.8) is 0 Å². The highest BCUT2D eigenvalue weighted by Crippen LogP contribution is 2.28. The van der Waals surface area contributed by atoms with Crippen LogP contribution in [0.3, 0.4) is 0 Å². The number of pyridine rings is 1. The second kappa shape index (κ2) is 5.55. The van der Waals surface area contributed by atoms with Gasteiger partial charge in [-0.3, -0.25) is 0 Å². The van der Waals surface area contributed by atoms with Crippen LogP contribution >= 0.6 is 27.5 Å². The van der Waals surface area contributed by atoms with Gasteiger partial charge >= 0.3 is 0 Å². The van der Waals surface area contributed by atoms with E-state index in [0.717, 1.165) is 28.4 Å². The van der Waals surface area contributed by atoms with Crippen LogP contribution in [0, 0.1) is 0 Å². The third-order valence-electron chi connectivity index (χ3n) is 3.21. The molecular formula is C12H17BrClN3. The Morgan fingerprint density at radius 2 is 2.29 bits per heavy atom. The van der Waals surface area contributed by atoms with Gasteiger partial charge < -0.3 is 9.80 Å². The molecule has 1 aliphatic heterocycles. The fourth-order valence-electron chi connectivity index (χ4n) is 2.21. The van der Waals surface area contributed by atoms with Gasteiger partial charge in [-0.1, -0.05) is 11.6 Å². The number of aromatic nitrogens is 1. The zero-order chi connectivity index (χ0) is 12.4. The normalized spacial score (nSPS) is 21.0. The average molecular weight is 319 g/mol. The molecule has 0 aromatic carbocycles. The molecule has 2 rings (SSSR count). The van der Waals surface area contributed by atoms with Crippen LogP contribution in [0.1, 0.15) is 12.8 Å². The van der Waals surface area contributed by atoms with Crippen LogP contribution in [0.4, 0.5) is 5.82 Å². The number of rotatable bonds is 2. The highest BCUT2D eigenvalue weighted by Gasteiger charge is 2.23. The van der Waals surface area contributed by atoms with Crippen molar-refractivity contribution in [1.29, 1.82) is 0 Å². The highest BCUT2D eigenvalue weighted by atomic mass is 79.9. The average Bonchev–Trinajstić information content (AvgIpc) is 2.29. The van der Waals surface area contributed by atoms with E-state index < -0.39 is 0 Å². The van der Waals surface area contributed by atoms with Crippen molar-refractivity contribution in [3.05, 3.63) is 21.8 Å². The monoisotopic (exact) mass is 317 g/mol. The fourth-order valence-corrected chi connectivity index (χ4v) is 2.96. The lowest BCUT2D eigenvalue weighted by molar-refractivity contribution is 0.257. The van der Waals surface area contributed by atoms with Crippen LogP contribution < -0.4 is 4.90 Å². The summed E-state index contributed by atoms with van der Waals surface area (Å²) in [5.74, 6) is 0.904. The van der Waals surface area contributed by atoms with E-state index in [1.807, 2.05) is 6.07 Å². The van der Waals surface area contributed by atoms with Gasteiger partial charge in [0.25, 0.3) is 0 Å². The predicted octanol–water partition coefficient (Wildman–Crippen LogP) is 3.03. The molecule has 0 radical (unpaired) electrons. The van der Waals surface area contributed by atoms with Crippen LogP contribution in [-0.4, -0.2) is 43.1 Å². The third-order valence-corrected chi connectivity index (χ3v) is 3.93. The molecule has 0 amide bonds. The Morgan fingerprint density at radius 1 is 1.53 bits per heavy atom. The zero-order valence-corrected chi connectivity index (χ0v) is 12.5. The zero-order valence-electron chi connectivity index (χ0n) is 10.2. The van der Waals surface area contributed by atoms with E-state index in [-0.39, 0.29) is 0 Å². The summed E-state index contributed by atoms with van der Waals surface area (Å²) in [6, 6.07) is 2.49. The van der Waals surface area contributed by atoms with E-state index >= 15 is 0 Å². The molecule has 5 heteroatoms. The lowest BCUT2D eigenvalue weighted by Crippen LogP contribution is -2.45. The molecular weight excluding hydrogens is 302 g/mol. The first-order chi connectivity index (χ1) is 8.08. The van der Waals surface area contributed by atoms with E-state index in [4.69, 9.17) is 11.6 Å². The fraction of sp³-hybridized carbons (Fsp3) is 0.583. The van der Waals surface area contributed by atoms with Crippen molar-refractivity contribution in [2.75, 3.05) is 32.1 Å². The van der Waals surface area contributed by atoms with Crippen molar-refractivity contribution in [2.24, 2.45) is 0 Å². The Balaban J connectivity index is 2.16. The molecule has 2 heterocycles. The van der Waals surface area contributed by atoms with Gasteiger partial charge in [-0.2, -0.15) is 0 Å². The molecule has 1 aromatic heterocycles. The summed E-state index contributed by atoms with van der Waals surface area (Å²) in [5.41, 5.74) is 0. The Bertz CT molecular complexity index is 397. The maximum Gasteiger partial charge on any atom is 0.147 e. The summed E-state index contributed by atoms with van der Waals surface area (Å²) in [5, 5.41) is 0.721. The number of hydrogen-bond donors (Lipinski definition) is 0. The van der Waals surface area contributed by atoms with Crippen LogP contribution in [0.15, 0.2) is 16.7 Å². The Morgan fingerprint density at radius 3 is 2.94 bits per heavy atom. The maximum absolute atomic E-state index is 6.24. The summed E-state index contributed by atoms with van der Waals surface area (Å²) in [6.45, 7) is 2.04. The van der Waals surface area contributed by atoms with E-state index in [9.17, 15) is 0 Å². The predicted molar refractivity (Wildman–Crippen MR) is 75.9 cm³/mol. The van der Waals surface area contributed by atoms with Crippen molar-refractivity contribution < 1.29 is 0 Å². The lowest BCUT2D eigenvalue weighted by Gasteiger charge is -2.37. The first-order valence-corrected chi connectivity index (χ1v) is 6.97. The summed E-state index contributed by atoms with van der Waals surface area (Å²) in [6.07, 6.45) is 4.25. The Labute approximate surface area is 116 Å². The molecule has 94 valence electrons. The van der Waals surface area contributed by atoms with Gasteiger partial charge in [-0.15, -0.1) is 0 Å². The minimum atomic E-state index is 0.588. The van der Waals surface area contributed by atoms with E-state index in [1.165, 1.54) is 12.8 Å². The Kier molecular flexibility index (Phi) is 4.28. The molecule has 0 bridgehead atoms. The first-order valence-electron chi connectivity index (χ1n) is 5.80. The van der Waals surface area contributed by atoms with Crippen molar-refractivity contribution in [3.8, 4) is 0 Å². The summed E-state index contributed by atoms with van der Waals surface area (Å²) in [4.78, 5) is 8.98. The largest absolute Gasteiger partial charge is 0.354 e. The standard InChI is InChI=1S/C12H17BrClN3/c1-16(2)10-4-3-5-17(8-10)12-11(14)6-9(13)7-15-12/h6-7,10H,3-5,8H2,1-2H3. The quantitative estimate of drug-likeness (QED) is 0.835. The maximum atomic E-state index is 6.24. The number of anilines is 1. The topological polar surface area (TPSA) is 19.4 Å². The SMILES string of the molecule is CN(C)C1CCCN(c2ncc(Br)cc2Cl)C1. The van der Waals surface area contributed by atoms with Crippen LogP contribution in [0.5, 0.6) is 0 Å². The molecule has 1 unspecified atom stereocenters. The van der Waals surface area contributed by atoms with Crippen molar-refractivity contribution in [2.45, 2.75) is 18.9 Å². The van der Waals surface area contributed by atoms with E-state index in [0.29, 0.717) is 6.04 Å². The summed E-state index contributed by atoms with van der Waals surface area (Å²) >= 11 is 9.62. The highest BCUT2D eigenvalue weighted by molar-refractivity contribution is 9.10. The molecule has 1 saturated heterocycles. The van der Waals surface area contributed by atoms with E-state index in [1.54, 1.807) is 6.20 Å². The summed E-state index contributed by atoms with van der Waals surface area (Å²) in [7, 11) is 4.26. The van der Waals surface area contributed by atoms with E-state index in [2.05, 4.69) is 44.8 Å². The lowest BCUT2D eigenvalue weighted by atomic mass is 10.1. The smallest absolute Gasteiger partial charge is 0.147 e. The molecule has 0 N–H and O–H groups in total. The molecule has 0 spiro atoms.